The number of amides is 2. The van der Waals surface area contributed by atoms with Gasteiger partial charge in [0.1, 0.15) is 12.3 Å². The van der Waals surface area contributed by atoms with Crippen molar-refractivity contribution < 1.29 is 14.3 Å². The molecule has 34 heavy (non-hydrogen) atoms. The smallest absolute Gasteiger partial charge is 0.262 e. The molecule has 0 spiro atoms. The number of tetrazole rings is 1. The van der Waals surface area contributed by atoms with Crippen LogP contribution in [0.15, 0.2) is 77.3 Å². The Bertz CT molecular complexity index is 1290. The second-order valence-corrected chi connectivity index (χ2v) is 8.31. The summed E-state index contributed by atoms with van der Waals surface area (Å²) in [4.78, 5) is 25.9. The number of hydrogen-bond acceptors (Lipinski definition) is 6. The molecule has 4 aromatic rings. The van der Waals surface area contributed by atoms with Gasteiger partial charge < -0.3 is 15.4 Å². The predicted octanol–water partition coefficient (Wildman–Crippen LogP) is 4.07. The number of nitrogens with one attached hydrogen (secondary N) is 2. The van der Waals surface area contributed by atoms with Crippen LogP contribution in [0.3, 0.4) is 0 Å². The number of benzene rings is 3. The Labute approximate surface area is 204 Å². The van der Waals surface area contributed by atoms with Gasteiger partial charge in [-0.2, -0.15) is 4.80 Å². The molecule has 10 heteroatoms. The highest BCUT2D eigenvalue weighted by Crippen LogP contribution is 2.24. The van der Waals surface area contributed by atoms with Gasteiger partial charge in [-0.1, -0.05) is 45.8 Å². The molecule has 0 radical (unpaired) electrons. The van der Waals surface area contributed by atoms with Crippen molar-refractivity contribution in [3.8, 4) is 17.1 Å². The van der Waals surface area contributed by atoms with Crippen molar-refractivity contribution in [2.75, 3.05) is 17.2 Å². The van der Waals surface area contributed by atoms with E-state index in [1.54, 1.807) is 36.4 Å². The number of halogens is 1. The van der Waals surface area contributed by atoms with Gasteiger partial charge in [-0.05, 0) is 60.7 Å². The predicted molar refractivity (Wildman–Crippen MR) is 131 cm³/mol. The Balaban J connectivity index is 1.38. The van der Waals surface area contributed by atoms with Crippen molar-refractivity contribution in [3.63, 3.8) is 0 Å². The topological polar surface area (TPSA) is 111 Å². The van der Waals surface area contributed by atoms with E-state index in [-0.39, 0.29) is 30.8 Å². The van der Waals surface area contributed by atoms with E-state index in [0.29, 0.717) is 22.7 Å². The summed E-state index contributed by atoms with van der Waals surface area (Å²) in [6.07, 6.45) is 0. The molecular weight excluding hydrogens is 500 g/mol. The second-order valence-electron chi connectivity index (χ2n) is 7.39. The molecule has 1 aromatic heterocycles. The number of anilines is 2. The van der Waals surface area contributed by atoms with E-state index < -0.39 is 0 Å². The van der Waals surface area contributed by atoms with Crippen molar-refractivity contribution in [1.82, 2.24) is 20.2 Å². The molecule has 0 atom stereocenters. The van der Waals surface area contributed by atoms with Gasteiger partial charge in [-0.3, -0.25) is 9.59 Å². The number of para-hydroxylation sites is 1. The standard InChI is InChI=1S/C24H21BrN6O3/c1-16-6-10-18(11-7-16)26-22(32)14-31-29-24(28-30-31)20-4-2-3-5-21(20)27-23(33)15-34-19-12-8-17(25)9-13-19/h2-13H,14-15H2,1H3,(H,26,32)(H,27,33). The zero-order valence-electron chi connectivity index (χ0n) is 18.2. The third-order valence-electron chi connectivity index (χ3n) is 4.70. The van der Waals surface area contributed by atoms with Crippen molar-refractivity contribution in [2.24, 2.45) is 0 Å². The number of carbonyl (C=O) groups is 2. The average molecular weight is 521 g/mol. The van der Waals surface area contributed by atoms with Crippen molar-refractivity contribution in [1.29, 1.82) is 0 Å². The lowest BCUT2D eigenvalue weighted by molar-refractivity contribution is -0.118. The Hall–Kier alpha value is -4.05. The highest BCUT2D eigenvalue weighted by atomic mass is 79.9. The third-order valence-corrected chi connectivity index (χ3v) is 5.23. The van der Waals surface area contributed by atoms with Crippen LogP contribution in [-0.2, 0) is 16.1 Å². The van der Waals surface area contributed by atoms with Crippen LogP contribution in [0.25, 0.3) is 11.4 Å². The first-order chi connectivity index (χ1) is 16.5. The molecular formula is C24H21BrN6O3. The lowest BCUT2D eigenvalue weighted by Gasteiger charge is -2.10. The van der Waals surface area contributed by atoms with E-state index >= 15 is 0 Å². The summed E-state index contributed by atoms with van der Waals surface area (Å²) < 4.78 is 6.44. The molecule has 0 saturated carbocycles. The number of carbonyl (C=O) groups excluding carboxylic acids is 2. The number of ether oxygens (including phenoxy) is 1. The Morgan fingerprint density at radius 3 is 2.44 bits per heavy atom. The monoisotopic (exact) mass is 520 g/mol. The summed E-state index contributed by atoms with van der Waals surface area (Å²) in [5.41, 5.74) is 2.88. The zero-order valence-corrected chi connectivity index (χ0v) is 19.8. The lowest BCUT2D eigenvalue weighted by atomic mass is 10.1. The molecule has 1 heterocycles. The number of nitrogens with zero attached hydrogens (tertiary/aromatic N) is 4. The van der Waals surface area contributed by atoms with E-state index in [2.05, 4.69) is 42.0 Å². The summed E-state index contributed by atoms with van der Waals surface area (Å²) in [7, 11) is 0. The van der Waals surface area contributed by atoms with Crippen molar-refractivity contribution >= 4 is 39.1 Å². The maximum absolute atomic E-state index is 12.4. The van der Waals surface area contributed by atoms with Crippen LogP contribution in [0.1, 0.15) is 5.56 Å². The van der Waals surface area contributed by atoms with Crippen LogP contribution in [0, 0.1) is 6.92 Å². The fourth-order valence-corrected chi connectivity index (χ4v) is 3.30. The van der Waals surface area contributed by atoms with E-state index in [4.69, 9.17) is 4.74 Å². The molecule has 0 aliphatic rings. The van der Waals surface area contributed by atoms with Crippen LogP contribution in [-0.4, -0.2) is 38.6 Å². The lowest BCUT2D eigenvalue weighted by Crippen LogP contribution is -2.21. The first-order valence-corrected chi connectivity index (χ1v) is 11.2. The fraction of sp³-hybridized carbons (Fsp3) is 0.125. The summed E-state index contributed by atoms with van der Waals surface area (Å²) in [6.45, 7) is 1.72. The van der Waals surface area contributed by atoms with Crippen LogP contribution in [0.5, 0.6) is 5.75 Å². The first kappa shape index (κ1) is 23.1. The summed E-state index contributed by atoms with van der Waals surface area (Å²) in [5, 5.41) is 17.9. The van der Waals surface area contributed by atoms with Gasteiger partial charge in [0.15, 0.2) is 6.61 Å². The normalized spacial score (nSPS) is 10.5. The zero-order chi connectivity index (χ0) is 23.9. The van der Waals surface area contributed by atoms with Gasteiger partial charge in [0.05, 0.1) is 5.69 Å². The minimum absolute atomic E-state index is 0.101. The molecule has 0 bridgehead atoms. The highest BCUT2D eigenvalue weighted by molar-refractivity contribution is 9.10. The molecule has 9 nitrogen and oxygen atoms in total. The van der Waals surface area contributed by atoms with Gasteiger partial charge in [-0.25, -0.2) is 0 Å². The molecule has 2 N–H and O–H groups in total. The minimum Gasteiger partial charge on any atom is -0.484 e. The van der Waals surface area contributed by atoms with Crippen LogP contribution < -0.4 is 15.4 Å². The maximum atomic E-state index is 12.4. The third kappa shape index (κ3) is 6.26. The highest BCUT2D eigenvalue weighted by Gasteiger charge is 2.14. The molecule has 0 aliphatic heterocycles. The van der Waals surface area contributed by atoms with Gasteiger partial charge in [0.25, 0.3) is 5.91 Å². The van der Waals surface area contributed by atoms with Gasteiger partial charge >= 0.3 is 0 Å². The number of hydrogen-bond donors (Lipinski definition) is 2. The molecule has 4 rings (SSSR count). The number of rotatable bonds is 8. The largest absolute Gasteiger partial charge is 0.484 e. The van der Waals surface area contributed by atoms with E-state index in [9.17, 15) is 9.59 Å². The Morgan fingerprint density at radius 2 is 1.68 bits per heavy atom. The van der Waals surface area contributed by atoms with Crippen LogP contribution in [0.2, 0.25) is 0 Å². The van der Waals surface area contributed by atoms with Gasteiger partial charge in [0, 0.05) is 15.7 Å². The summed E-state index contributed by atoms with van der Waals surface area (Å²) in [5.74, 6) is 0.257. The summed E-state index contributed by atoms with van der Waals surface area (Å²) in [6, 6.07) is 21.8. The first-order valence-electron chi connectivity index (χ1n) is 10.4. The SMILES string of the molecule is Cc1ccc(NC(=O)Cn2nnc(-c3ccccc3NC(=O)COc3ccc(Br)cc3)n2)cc1. The molecule has 0 saturated heterocycles. The Morgan fingerprint density at radius 1 is 0.941 bits per heavy atom. The molecule has 3 aromatic carbocycles. The van der Waals surface area contributed by atoms with Crippen LogP contribution >= 0.6 is 15.9 Å². The van der Waals surface area contributed by atoms with E-state index in [1.165, 1.54) is 4.80 Å². The maximum Gasteiger partial charge on any atom is 0.262 e. The summed E-state index contributed by atoms with van der Waals surface area (Å²) >= 11 is 3.36. The fourth-order valence-electron chi connectivity index (χ4n) is 3.04. The number of aromatic nitrogens is 4. The van der Waals surface area contributed by atoms with Crippen molar-refractivity contribution in [2.45, 2.75) is 13.5 Å². The van der Waals surface area contributed by atoms with Gasteiger partial charge in [-0.15, -0.1) is 10.2 Å². The van der Waals surface area contributed by atoms with Crippen molar-refractivity contribution in [3.05, 3.63) is 82.8 Å². The van der Waals surface area contributed by atoms with E-state index in [1.807, 2.05) is 43.3 Å². The molecule has 0 aliphatic carbocycles. The van der Waals surface area contributed by atoms with Crippen LogP contribution in [0.4, 0.5) is 11.4 Å². The molecule has 172 valence electrons. The van der Waals surface area contributed by atoms with Gasteiger partial charge in [0.2, 0.25) is 11.7 Å². The molecule has 0 fully saturated rings. The quantitative estimate of drug-likeness (QED) is 0.362. The number of aryl methyl sites for hydroxylation is 1. The Kier molecular flexibility index (Phi) is 7.28. The minimum atomic E-state index is -0.333. The molecule has 2 amide bonds. The molecule has 0 unspecified atom stereocenters. The average Bonchev–Trinajstić information content (AvgIpc) is 3.28. The van der Waals surface area contributed by atoms with E-state index in [0.717, 1.165) is 10.0 Å². The second kappa shape index (κ2) is 10.7.